The van der Waals surface area contributed by atoms with E-state index in [4.69, 9.17) is 17.3 Å². The fourth-order valence-corrected chi connectivity index (χ4v) is 1.70. The van der Waals surface area contributed by atoms with Crippen LogP contribution in [0.3, 0.4) is 0 Å². The third-order valence-corrected chi connectivity index (χ3v) is 2.59. The predicted molar refractivity (Wildman–Crippen MR) is 76.0 cm³/mol. The van der Waals surface area contributed by atoms with Gasteiger partial charge in [0, 0.05) is 16.8 Å². The van der Waals surface area contributed by atoms with Gasteiger partial charge >= 0.3 is 0 Å². The zero-order valence-corrected chi connectivity index (χ0v) is 11.3. The molecule has 1 aromatic heterocycles. The molecular weight excluding hydrogens is 278 g/mol. The summed E-state index contributed by atoms with van der Waals surface area (Å²) >= 11 is 5.93. The third-order valence-electron chi connectivity index (χ3n) is 2.36. The molecule has 1 aromatic carbocycles. The van der Waals surface area contributed by atoms with E-state index in [9.17, 15) is 4.79 Å². The highest BCUT2D eigenvalue weighted by Crippen LogP contribution is 2.20. The number of halogens is 1. The van der Waals surface area contributed by atoms with Gasteiger partial charge in [-0.05, 0) is 18.2 Å². The van der Waals surface area contributed by atoms with Gasteiger partial charge in [0.1, 0.15) is 6.54 Å². The summed E-state index contributed by atoms with van der Waals surface area (Å²) in [6.07, 6.45) is 3.11. The predicted octanol–water partition coefficient (Wildman–Crippen LogP) is 0.880. The number of benzene rings is 1. The summed E-state index contributed by atoms with van der Waals surface area (Å²) in [5.41, 5.74) is 6.55. The molecule has 0 aliphatic rings. The minimum Gasteiger partial charge on any atom is -0.323 e. The van der Waals surface area contributed by atoms with Gasteiger partial charge in [-0.2, -0.15) is 0 Å². The molecule has 2 aromatic rings. The molecule has 0 saturated carbocycles. The topological polar surface area (TPSA) is 85.8 Å². The maximum atomic E-state index is 11.9. The number of aromatic nitrogens is 3. The number of nitrogens with one attached hydrogen (secondary N) is 1. The van der Waals surface area contributed by atoms with Gasteiger partial charge in [0.15, 0.2) is 0 Å². The second-order valence-corrected chi connectivity index (χ2v) is 4.28. The first kappa shape index (κ1) is 14.1. The number of carbonyl (C=O) groups excluding carboxylic acids is 1. The fraction of sp³-hybridized carbons (Fsp3) is 0.154. The van der Waals surface area contributed by atoms with Crippen molar-refractivity contribution >= 4 is 23.2 Å². The Morgan fingerprint density at radius 1 is 1.50 bits per heavy atom. The van der Waals surface area contributed by atoms with Crippen LogP contribution in [0.25, 0.3) is 0 Å². The first-order valence-corrected chi connectivity index (χ1v) is 6.19. The molecule has 1 amide bonds. The maximum Gasteiger partial charge on any atom is 0.246 e. The quantitative estimate of drug-likeness (QED) is 0.821. The van der Waals surface area contributed by atoms with Crippen molar-refractivity contribution in [1.82, 2.24) is 15.0 Å². The molecule has 20 heavy (non-hydrogen) atoms. The monoisotopic (exact) mass is 289 g/mol. The molecular formula is C13H12ClN5O. The van der Waals surface area contributed by atoms with E-state index in [1.54, 1.807) is 24.4 Å². The van der Waals surface area contributed by atoms with Crippen LogP contribution in [0.4, 0.5) is 5.69 Å². The molecule has 0 saturated heterocycles. The number of hydrogen-bond donors (Lipinski definition) is 2. The van der Waals surface area contributed by atoms with E-state index in [0.29, 0.717) is 16.3 Å². The number of anilines is 1. The van der Waals surface area contributed by atoms with E-state index in [2.05, 4.69) is 27.5 Å². The largest absolute Gasteiger partial charge is 0.323 e. The van der Waals surface area contributed by atoms with Crippen molar-refractivity contribution in [3.63, 3.8) is 0 Å². The number of hydrogen-bond acceptors (Lipinski definition) is 4. The second-order valence-electron chi connectivity index (χ2n) is 3.84. The third kappa shape index (κ3) is 3.82. The molecule has 0 spiro atoms. The highest BCUT2D eigenvalue weighted by atomic mass is 35.5. The minimum absolute atomic E-state index is 0.0657. The Morgan fingerprint density at radius 2 is 2.35 bits per heavy atom. The van der Waals surface area contributed by atoms with Gasteiger partial charge in [-0.3, -0.25) is 4.79 Å². The Labute approximate surface area is 120 Å². The number of rotatable bonds is 3. The van der Waals surface area contributed by atoms with Gasteiger partial charge in [0.25, 0.3) is 0 Å². The van der Waals surface area contributed by atoms with Crippen LogP contribution in [-0.2, 0) is 11.3 Å². The van der Waals surface area contributed by atoms with Crippen LogP contribution >= 0.6 is 11.6 Å². The molecule has 0 atom stereocenters. The molecule has 0 aliphatic carbocycles. The lowest BCUT2D eigenvalue weighted by molar-refractivity contribution is -0.116. The highest BCUT2D eigenvalue weighted by Gasteiger charge is 2.07. The number of carbonyl (C=O) groups is 1. The lowest BCUT2D eigenvalue weighted by Crippen LogP contribution is -2.19. The molecule has 7 heteroatoms. The molecule has 2 rings (SSSR count). The van der Waals surface area contributed by atoms with Crippen LogP contribution in [-0.4, -0.2) is 27.4 Å². The lowest BCUT2D eigenvalue weighted by atomic mass is 10.2. The van der Waals surface area contributed by atoms with Gasteiger partial charge < -0.3 is 11.1 Å². The van der Waals surface area contributed by atoms with Crippen LogP contribution in [0, 0.1) is 11.8 Å². The van der Waals surface area contributed by atoms with Gasteiger partial charge in [0.2, 0.25) is 5.91 Å². The number of nitrogens with two attached hydrogens (primary N) is 1. The SMILES string of the molecule is NCC#Cc1ccc(Cl)cc1NC(=O)Cn1ccnn1. The van der Waals surface area contributed by atoms with Crippen LogP contribution in [0.15, 0.2) is 30.6 Å². The highest BCUT2D eigenvalue weighted by molar-refractivity contribution is 6.31. The smallest absolute Gasteiger partial charge is 0.246 e. The second kappa shape index (κ2) is 6.70. The summed E-state index contributed by atoms with van der Waals surface area (Å²) in [6.45, 7) is 0.311. The first-order valence-electron chi connectivity index (χ1n) is 5.81. The Morgan fingerprint density at radius 3 is 3.05 bits per heavy atom. The molecule has 0 radical (unpaired) electrons. The molecule has 0 unspecified atom stereocenters. The van der Waals surface area contributed by atoms with Crippen LogP contribution < -0.4 is 11.1 Å². The minimum atomic E-state index is -0.242. The Hall–Kier alpha value is -2.36. The summed E-state index contributed by atoms with van der Waals surface area (Å²) in [5.74, 6) is 5.38. The Bertz CT molecular complexity index is 657. The average Bonchev–Trinajstić information content (AvgIpc) is 2.90. The van der Waals surface area contributed by atoms with Crippen molar-refractivity contribution in [1.29, 1.82) is 0 Å². The van der Waals surface area contributed by atoms with Crippen molar-refractivity contribution in [3.05, 3.63) is 41.2 Å². The average molecular weight is 290 g/mol. The van der Waals surface area contributed by atoms with E-state index >= 15 is 0 Å². The van der Waals surface area contributed by atoms with Gasteiger partial charge in [-0.1, -0.05) is 28.7 Å². The molecule has 1 heterocycles. The summed E-state index contributed by atoms with van der Waals surface area (Å²) < 4.78 is 1.42. The summed E-state index contributed by atoms with van der Waals surface area (Å²) in [5, 5.41) is 10.6. The number of nitrogens with zero attached hydrogens (tertiary/aromatic N) is 3. The zero-order valence-electron chi connectivity index (χ0n) is 10.5. The molecule has 102 valence electrons. The van der Waals surface area contributed by atoms with E-state index < -0.39 is 0 Å². The molecule has 0 bridgehead atoms. The summed E-state index contributed by atoms with van der Waals surface area (Å²) in [6, 6.07) is 5.08. The summed E-state index contributed by atoms with van der Waals surface area (Å²) in [7, 11) is 0. The van der Waals surface area contributed by atoms with Gasteiger partial charge in [-0.15, -0.1) is 5.10 Å². The first-order chi connectivity index (χ1) is 9.69. The van der Waals surface area contributed by atoms with Crippen molar-refractivity contribution in [2.75, 3.05) is 11.9 Å². The van der Waals surface area contributed by atoms with Gasteiger partial charge in [-0.25, -0.2) is 4.68 Å². The van der Waals surface area contributed by atoms with Crippen molar-refractivity contribution < 1.29 is 4.79 Å². The molecule has 3 N–H and O–H groups in total. The fourth-order valence-electron chi connectivity index (χ4n) is 1.53. The van der Waals surface area contributed by atoms with Crippen LogP contribution in [0.2, 0.25) is 5.02 Å². The van der Waals surface area contributed by atoms with Gasteiger partial charge in [0.05, 0.1) is 18.4 Å². The van der Waals surface area contributed by atoms with Crippen molar-refractivity contribution in [3.8, 4) is 11.8 Å². The van der Waals surface area contributed by atoms with Crippen LogP contribution in [0.5, 0.6) is 0 Å². The van der Waals surface area contributed by atoms with E-state index in [1.165, 1.54) is 10.9 Å². The van der Waals surface area contributed by atoms with Crippen LogP contribution in [0.1, 0.15) is 5.56 Å². The molecule has 0 fully saturated rings. The van der Waals surface area contributed by atoms with Crippen molar-refractivity contribution in [2.45, 2.75) is 6.54 Å². The van der Waals surface area contributed by atoms with Crippen molar-refractivity contribution in [2.24, 2.45) is 5.73 Å². The van der Waals surface area contributed by atoms with E-state index in [0.717, 1.165) is 0 Å². The normalized spacial score (nSPS) is 9.70. The Kier molecular flexibility index (Phi) is 4.71. The lowest BCUT2D eigenvalue weighted by Gasteiger charge is -2.08. The number of amides is 1. The molecule has 6 nitrogen and oxygen atoms in total. The zero-order chi connectivity index (χ0) is 14.4. The molecule has 0 aliphatic heterocycles. The standard InChI is InChI=1S/C13H12ClN5O/c14-11-4-3-10(2-1-5-15)12(8-11)17-13(20)9-19-7-6-16-18-19/h3-4,6-8H,5,9,15H2,(H,17,20). The van der Waals surface area contributed by atoms with E-state index in [-0.39, 0.29) is 19.0 Å². The van der Waals surface area contributed by atoms with E-state index in [1.807, 2.05) is 0 Å². The summed E-state index contributed by atoms with van der Waals surface area (Å²) in [4.78, 5) is 11.9. The Balaban J connectivity index is 2.15. The maximum absolute atomic E-state index is 11.9.